The highest BCUT2D eigenvalue weighted by atomic mass is 16.5. The molecule has 0 fully saturated rings. The number of ether oxygens (including phenoxy) is 1. The Bertz CT molecular complexity index is 442. The molecule has 0 saturated carbocycles. The van der Waals surface area contributed by atoms with Gasteiger partial charge in [0.05, 0.1) is 0 Å². The molecule has 1 amide bonds. The fourth-order valence-electron chi connectivity index (χ4n) is 1.40. The lowest BCUT2D eigenvalue weighted by molar-refractivity contribution is -0.139. The van der Waals surface area contributed by atoms with Crippen LogP contribution in [0.2, 0.25) is 0 Å². The van der Waals surface area contributed by atoms with Crippen LogP contribution in [0.3, 0.4) is 0 Å². The maximum absolute atomic E-state index is 11.5. The second-order valence-corrected chi connectivity index (χ2v) is 3.90. The Morgan fingerprint density at radius 2 is 2.05 bits per heavy atom. The molecule has 0 aliphatic heterocycles. The molecule has 2 N–H and O–H groups in total. The second-order valence-electron chi connectivity index (χ2n) is 3.90. The van der Waals surface area contributed by atoms with Crippen molar-refractivity contribution in [1.82, 2.24) is 5.32 Å². The summed E-state index contributed by atoms with van der Waals surface area (Å²) in [5.41, 5.74) is 0.845. The van der Waals surface area contributed by atoms with Gasteiger partial charge >= 0.3 is 12.1 Å². The number of carbonyl (C=O) groups is 2. The molecule has 0 aromatic heterocycles. The number of carboxylic acid groups (broad SMARTS) is 1. The van der Waals surface area contributed by atoms with E-state index in [0.29, 0.717) is 0 Å². The monoisotopic (exact) mass is 263 g/mol. The van der Waals surface area contributed by atoms with Gasteiger partial charge in [-0.15, -0.1) is 0 Å². The first-order valence-corrected chi connectivity index (χ1v) is 5.94. The van der Waals surface area contributed by atoms with Crippen molar-refractivity contribution in [2.75, 3.05) is 0 Å². The van der Waals surface area contributed by atoms with Gasteiger partial charge in [0.25, 0.3) is 0 Å². The van der Waals surface area contributed by atoms with Crippen molar-refractivity contribution in [3.63, 3.8) is 0 Å². The number of hydrogen-bond acceptors (Lipinski definition) is 3. The van der Waals surface area contributed by atoms with Crippen LogP contribution in [0.15, 0.2) is 42.5 Å². The highest BCUT2D eigenvalue weighted by Gasteiger charge is 2.18. The standard InChI is InChI=1S/C14H17NO4/c1-2-3-9-12(13(16)17)15-14(18)19-10-11-7-5-4-6-8-11/h2-8,12H,9-10H2,1H3,(H,15,18)(H,16,17)/b3-2+. The molecule has 1 rings (SSSR count). The predicted octanol–water partition coefficient (Wildman–Crippen LogP) is 2.33. The van der Waals surface area contributed by atoms with E-state index in [1.54, 1.807) is 19.1 Å². The van der Waals surface area contributed by atoms with Crippen LogP contribution in [-0.2, 0) is 16.1 Å². The van der Waals surface area contributed by atoms with Crippen LogP contribution in [0, 0.1) is 0 Å². The molecule has 0 radical (unpaired) electrons. The number of amides is 1. The molecule has 0 spiro atoms. The molecule has 19 heavy (non-hydrogen) atoms. The summed E-state index contributed by atoms with van der Waals surface area (Å²) >= 11 is 0. The zero-order valence-electron chi connectivity index (χ0n) is 10.7. The van der Waals surface area contributed by atoms with Crippen LogP contribution in [0.1, 0.15) is 18.9 Å². The number of alkyl carbamates (subject to hydrolysis) is 1. The molecule has 1 atom stereocenters. The Morgan fingerprint density at radius 1 is 1.37 bits per heavy atom. The van der Waals surface area contributed by atoms with E-state index >= 15 is 0 Å². The minimum atomic E-state index is -1.09. The molecule has 0 saturated heterocycles. The lowest BCUT2D eigenvalue weighted by atomic mass is 10.2. The van der Waals surface area contributed by atoms with Crippen LogP contribution in [0.25, 0.3) is 0 Å². The molecule has 0 aliphatic rings. The van der Waals surface area contributed by atoms with Crippen molar-refractivity contribution in [1.29, 1.82) is 0 Å². The molecule has 5 nitrogen and oxygen atoms in total. The quantitative estimate of drug-likeness (QED) is 0.772. The maximum Gasteiger partial charge on any atom is 0.408 e. The summed E-state index contributed by atoms with van der Waals surface area (Å²) in [6.07, 6.45) is 2.90. The summed E-state index contributed by atoms with van der Waals surface area (Å²) in [6.45, 7) is 1.90. The van der Waals surface area contributed by atoms with Gasteiger partial charge in [-0.2, -0.15) is 0 Å². The number of hydrogen-bond donors (Lipinski definition) is 2. The zero-order chi connectivity index (χ0) is 14.1. The van der Waals surface area contributed by atoms with Gasteiger partial charge in [-0.25, -0.2) is 9.59 Å². The van der Waals surface area contributed by atoms with Crippen LogP contribution in [-0.4, -0.2) is 23.2 Å². The Hall–Kier alpha value is -2.30. The number of rotatable bonds is 6. The van der Waals surface area contributed by atoms with Crippen molar-refractivity contribution in [3.05, 3.63) is 48.0 Å². The third-order valence-electron chi connectivity index (χ3n) is 2.41. The minimum absolute atomic E-state index is 0.114. The summed E-state index contributed by atoms with van der Waals surface area (Å²) < 4.78 is 4.95. The Balaban J connectivity index is 2.42. The smallest absolute Gasteiger partial charge is 0.408 e. The van der Waals surface area contributed by atoms with Gasteiger partial charge in [-0.3, -0.25) is 0 Å². The average Bonchev–Trinajstić information content (AvgIpc) is 2.42. The Labute approximate surface area is 111 Å². The third-order valence-corrected chi connectivity index (χ3v) is 2.41. The number of nitrogens with one attached hydrogen (secondary N) is 1. The number of carbonyl (C=O) groups excluding carboxylic acids is 1. The van der Waals surface area contributed by atoms with Gasteiger partial charge in [-0.1, -0.05) is 42.5 Å². The third kappa shape index (κ3) is 5.72. The highest BCUT2D eigenvalue weighted by molar-refractivity contribution is 5.80. The van der Waals surface area contributed by atoms with Crippen LogP contribution in [0.5, 0.6) is 0 Å². The minimum Gasteiger partial charge on any atom is -0.480 e. The highest BCUT2D eigenvalue weighted by Crippen LogP contribution is 2.01. The van der Waals surface area contributed by atoms with Crippen molar-refractivity contribution in [2.24, 2.45) is 0 Å². The van der Waals surface area contributed by atoms with Gasteiger partial charge in [0.15, 0.2) is 0 Å². The first kappa shape index (κ1) is 14.8. The van der Waals surface area contributed by atoms with E-state index in [2.05, 4.69) is 5.32 Å². The van der Waals surface area contributed by atoms with Crippen LogP contribution < -0.4 is 5.32 Å². The van der Waals surface area contributed by atoms with E-state index < -0.39 is 18.1 Å². The summed E-state index contributed by atoms with van der Waals surface area (Å²) in [6, 6.07) is 8.20. The molecule has 0 aliphatic carbocycles. The summed E-state index contributed by atoms with van der Waals surface area (Å²) in [5, 5.41) is 11.2. The van der Waals surface area contributed by atoms with Crippen LogP contribution in [0.4, 0.5) is 4.79 Å². The summed E-state index contributed by atoms with van der Waals surface area (Å²) in [7, 11) is 0. The van der Waals surface area contributed by atoms with Gasteiger partial charge in [-0.05, 0) is 18.9 Å². The van der Waals surface area contributed by atoms with E-state index in [4.69, 9.17) is 9.84 Å². The number of carboxylic acids is 1. The van der Waals surface area contributed by atoms with Crippen molar-refractivity contribution in [2.45, 2.75) is 26.0 Å². The van der Waals surface area contributed by atoms with E-state index in [0.717, 1.165) is 5.56 Å². The maximum atomic E-state index is 11.5. The molecule has 0 heterocycles. The Morgan fingerprint density at radius 3 is 2.63 bits per heavy atom. The molecule has 5 heteroatoms. The molecule has 1 unspecified atom stereocenters. The van der Waals surface area contributed by atoms with E-state index in [1.165, 1.54) is 0 Å². The molecular formula is C14H17NO4. The van der Waals surface area contributed by atoms with Gasteiger partial charge in [0, 0.05) is 0 Å². The van der Waals surface area contributed by atoms with Crippen molar-refractivity contribution in [3.8, 4) is 0 Å². The van der Waals surface area contributed by atoms with Crippen molar-refractivity contribution < 1.29 is 19.4 Å². The van der Waals surface area contributed by atoms with Gasteiger partial charge in [0.2, 0.25) is 0 Å². The summed E-state index contributed by atoms with van der Waals surface area (Å²) in [4.78, 5) is 22.4. The fraction of sp³-hybridized carbons (Fsp3) is 0.286. The van der Waals surface area contributed by atoms with E-state index in [1.807, 2.05) is 30.3 Å². The number of allylic oxidation sites excluding steroid dienone is 1. The first-order valence-electron chi connectivity index (χ1n) is 5.94. The van der Waals surface area contributed by atoms with E-state index in [-0.39, 0.29) is 13.0 Å². The normalized spacial score (nSPS) is 12.1. The van der Waals surface area contributed by atoms with E-state index in [9.17, 15) is 9.59 Å². The Kier molecular flexibility index (Phi) is 6.15. The van der Waals surface area contributed by atoms with Crippen molar-refractivity contribution >= 4 is 12.1 Å². The lowest BCUT2D eigenvalue weighted by Crippen LogP contribution is -2.40. The fourth-order valence-corrected chi connectivity index (χ4v) is 1.40. The zero-order valence-corrected chi connectivity index (χ0v) is 10.7. The molecule has 1 aromatic carbocycles. The molecule has 0 bridgehead atoms. The SMILES string of the molecule is C/C=C/CC(NC(=O)OCc1ccccc1)C(=O)O. The van der Waals surface area contributed by atoms with Gasteiger partial charge < -0.3 is 15.2 Å². The lowest BCUT2D eigenvalue weighted by Gasteiger charge is -2.12. The molecule has 1 aromatic rings. The summed E-state index contributed by atoms with van der Waals surface area (Å²) in [5.74, 6) is -1.09. The molecular weight excluding hydrogens is 246 g/mol. The number of aliphatic carboxylic acids is 1. The van der Waals surface area contributed by atoms with Crippen LogP contribution >= 0.6 is 0 Å². The predicted molar refractivity (Wildman–Crippen MR) is 70.6 cm³/mol. The average molecular weight is 263 g/mol. The molecule has 102 valence electrons. The topological polar surface area (TPSA) is 75.6 Å². The van der Waals surface area contributed by atoms with Gasteiger partial charge in [0.1, 0.15) is 12.6 Å². The number of benzene rings is 1. The first-order chi connectivity index (χ1) is 9.13. The second kappa shape index (κ2) is 7.92. The largest absolute Gasteiger partial charge is 0.480 e.